The first-order valence-electron chi connectivity index (χ1n) is 7.44. The van der Waals surface area contributed by atoms with E-state index in [1.807, 2.05) is 60.7 Å². The number of carbonyl (C=O) groups is 1. The third-order valence-corrected chi connectivity index (χ3v) is 3.97. The number of rotatable bonds is 4. The van der Waals surface area contributed by atoms with Crippen molar-refractivity contribution >= 4 is 5.78 Å². The molecule has 3 heteroatoms. The van der Waals surface area contributed by atoms with Crippen LogP contribution in [0.3, 0.4) is 0 Å². The van der Waals surface area contributed by atoms with Gasteiger partial charge in [-0.1, -0.05) is 60.7 Å². The van der Waals surface area contributed by atoms with Crippen LogP contribution in [0.1, 0.15) is 21.8 Å². The largest absolute Gasteiger partial charge is 0.314 e. The van der Waals surface area contributed by atoms with Crippen LogP contribution in [0.4, 0.5) is 0 Å². The highest BCUT2D eigenvalue weighted by molar-refractivity contribution is 6.01. The highest BCUT2D eigenvalue weighted by Crippen LogP contribution is 2.25. The molecule has 1 aliphatic heterocycles. The Bertz CT molecular complexity index is 577. The number of Topliss-reactive ketones (excluding diaryl/α,β-unsaturated/α-hetero) is 1. The van der Waals surface area contributed by atoms with Gasteiger partial charge in [-0.25, -0.2) is 0 Å². The summed E-state index contributed by atoms with van der Waals surface area (Å²) in [6.07, 6.45) is 0. The van der Waals surface area contributed by atoms with Crippen LogP contribution in [0.25, 0.3) is 0 Å². The molecule has 0 spiro atoms. The smallest absolute Gasteiger partial charge is 0.171 e. The van der Waals surface area contributed by atoms with Crippen LogP contribution in [-0.4, -0.2) is 31.5 Å². The van der Waals surface area contributed by atoms with Gasteiger partial charge in [-0.15, -0.1) is 0 Å². The Morgan fingerprint density at radius 2 is 1.62 bits per heavy atom. The van der Waals surface area contributed by atoms with Gasteiger partial charge in [0.1, 0.15) is 0 Å². The van der Waals surface area contributed by atoms with Crippen molar-refractivity contribution in [3.63, 3.8) is 0 Å². The monoisotopic (exact) mass is 280 g/mol. The van der Waals surface area contributed by atoms with Crippen molar-refractivity contribution in [2.45, 2.75) is 12.0 Å². The lowest BCUT2D eigenvalue weighted by atomic mass is 9.84. The molecule has 2 unspecified atom stereocenters. The summed E-state index contributed by atoms with van der Waals surface area (Å²) < 4.78 is 0. The van der Waals surface area contributed by atoms with Crippen LogP contribution in [0.5, 0.6) is 0 Å². The molecule has 2 atom stereocenters. The van der Waals surface area contributed by atoms with Crippen molar-refractivity contribution in [2.24, 2.45) is 0 Å². The van der Waals surface area contributed by atoms with E-state index in [1.165, 1.54) is 0 Å². The van der Waals surface area contributed by atoms with Gasteiger partial charge < -0.3 is 10.6 Å². The molecule has 3 rings (SSSR count). The maximum absolute atomic E-state index is 13.0. The normalized spacial score (nSPS) is 19.9. The van der Waals surface area contributed by atoms with Crippen molar-refractivity contribution < 1.29 is 4.79 Å². The molecule has 108 valence electrons. The Hall–Kier alpha value is -1.97. The maximum atomic E-state index is 13.0. The Morgan fingerprint density at radius 3 is 2.24 bits per heavy atom. The molecule has 3 nitrogen and oxygen atoms in total. The van der Waals surface area contributed by atoms with Crippen molar-refractivity contribution in [3.8, 4) is 0 Å². The van der Waals surface area contributed by atoms with Gasteiger partial charge >= 0.3 is 0 Å². The van der Waals surface area contributed by atoms with Crippen LogP contribution >= 0.6 is 0 Å². The second-order valence-electron chi connectivity index (χ2n) is 5.38. The third-order valence-electron chi connectivity index (χ3n) is 3.97. The summed E-state index contributed by atoms with van der Waals surface area (Å²) in [6.45, 7) is 2.67. The first-order valence-corrected chi connectivity index (χ1v) is 7.44. The molecule has 0 amide bonds. The Kier molecular flexibility index (Phi) is 4.43. The highest BCUT2D eigenvalue weighted by atomic mass is 16.1. The Labute approximate surface area is 125 Å². The molecule has 2 aromatic carbocycles. The van der Waals surface area contributed by atoms with Gasteiger partial charge in [0.15, 0.2) is 5.78 Å². The van der Waals surface area contributed by atoms with Crippen LogP contribution in [0.15, 0.2) is 60.7 Å². The molecule has 0 bridgehead atoms. The molecular formula is C18H20N2O. The van der Waals surface area contributed by atoms with E-state index in [0.717, 1.165) is 30.8 Å². The minimum atomic E-state index is -0.151. The van der Waals surface area contributed by atoms with E-state index < -0.39 is 0 Å². The van der Waals surface area contributed by atoms with E-state index in [4.69, 9.17) is 0 Å². The van der Waals surface area contributed by atoms with Gasteiger partial charge in [0.2, 0.25) is 0 Å². The summed E-state index contributed by atoms with van der Waals surface area (Å²) in [5.41, 5.74) is 1.85. The zero-order chi connectivity index (χ0) is 14.5. The van der Waals surface area contributed by atoms with Gasteiger partial charge in [0, 0.05) is 31.2 Å². The average molecular weight is 280 g/mol. The summed E-state index contributed by atoms with van der Waals surface area (Å²) in [6, 6.07) is 19.8. The van der Waals surface area contributed by atoms with E-state index in [2.05, 4.69) is 10.6 Å². The van der Waals surface area contributed by atoms with Gasteiger partial charge in [0.25, 0.3) is 0 Å². The molecule has 2 aromatic rings. The Balaban J connectivity index is 1.94. The number of hydrogen-bond acceptors (Lipinski definition) is 3. The summed E-state index contributed by atoms with van der Waals surface area (Å²) >= 11 is 0. The van der Waals surface area contributed by atoms with Gasteiger partial charge in [0.05, 0.1) is 5.92 Å². The zero-order valence-electron chi connectivity index (χ0n) is 12.0. The standard InChI is InChI=1S/C18H20N2O/c21-18(15-9-5-2-6-10-15)17(14-7-3-1-4-8-14)16-13-19-11-12-20-16/h1-10,16-17,19-20H,11-13H2. The molecule has 0 saturated carbocycles. The Morgan fingerprint density at radius 1 is 0.952 bits per heavy atom. The highest BCUT2D eigenvalue weighted by Gasteiger charge is 2.31. The summed E-state index contributed by atoms with van der Waals surface area (Å²) in [7, 11) is 0. The summed E-state index contributed by atoms with van der Waals surface area (Å²) in [4.78, 5) is 13.0. The first-order chi connectivity index (χ1) is 10.4. The molecule has 1 heterocycles. The first kappa shape index (κ1) is 14.0. The molecule has 1 fully saturated rings. The third kappa shape index (κ3) is 3.20. The van der Waals surface area contributed by atoms with Crippen molar-refractivity contribution in [2.75, 3.05) is 19.6 Å². The van der Waals surface area contributed by atoms with Crippen LogP contribution in [-0.2, 0) is 0 Å². The second kappa shape index (κ2) is 6.66. The average Bonchev–Trinajstić information content (AvgIpc) is 2.58. The molecule has 0 radical (unpaired) electrons. The molecule has 21 heavy (non-hydrogen) atoms. The summed E-state index contributed by atoms with van der Waals surface area (Å²) in [5, 5.41) is 6.86. The van der Waals surface area contributed by atoms with Crippen molar-refractivity contribution in [3.05, 3.63) is 71.8 Å². The minimum Gasteiger partial charge on any atom is -0.314 e. The number of carbonyl (C=O) groups excluding carboxylic acids is 1. The predicted octanol–water partition coefficient (Wildman–Crippen LogP) is 2.21. The fourth-order valence-corrected chi connectivity index (χ4v) is 2.92. The quantitative estimate of drug-likeness (QED) is 0.844. The fraction of sp³-hybridized carbons (Fsp3) is 0.278. The number of benzene rings is 2. The predicted molar refractivity (Wildman–Crippen MR) is 84.6 cm³/mol. The molecule has 0 aliphatic carbocycles. The number of piperazine rings is 1. The van der Waals surface area contributed by atoms with Gasteiger partial charge in [-0.05, 0) is 5.56 Å². The van der Waals surface area contributed by atoms with E-state index in [-0.39, 0.29) is 17.7 Å². The maximum Gasteiger partial charge on any atom is 0.171 e. The lowest BCUT2D eigenvalue weighted by Crippen LogP contribution is -2.52. The number of ketones is 1. The molecule has 2 N–H and O–H groups in total. The van der Waals surface area contributed by atoms with E-state index in [1.54, 1.807) is 0 Å². The van der Waals surface area contributed by atoms with E-state index in [0.29, 0.717) is 0 Å². The lowest BCUT2D eigenvalue weighted by Gasteiger charge is -2.31. The lowest BCUT2D eigenvalue weighted by molar-refractivity contribution is 0.0935. The molecule has 1 saturated heterocycles. The SMILES string of the molecule is O=C(c1ccccc1)C(c1ccccc1)C1CNCCN1. The molecule has 0 aromatic heterocycles. The van der Waals surface area contributed by atoms with Crippen LogP contribution < -0.4 is 10.6 Å². The molecular weight excluding hydrogens is 260 g/mol. The number of hydrogen-bond donors (Lipinski definition) is 2. The van der Waals surface area contributed by atoms with Crippen LogP contribution in [0, 0.1) is 0 Å². The summed E-state index contributed by atoms with van der Waals surface area (Å²) in [5.74, 6) is 0.0319. The van der Waals surface area contributed by atoms with Crippen LogP contribution in [0.2, 0.25) is 0 Å². The minimum absolute atomic E-state index is 0.133. The van der Waals surface area contributed by atoms with Gasteiger partial charge in [-0.3, -0.25) is 4.79 Å². The second-order valence-corrected chi connectivity index (χ2v) is 5.38. The fourth-order valence-electron chi connectivity index (χ4n) is 2.92. The van der Waals surface area contributed by atoms with Crippen molar-refractivity contribution in [1.29, 1.82) is 0 Å². The van der Waals surface area contributed by atoms with E-state index >= 15 is 0 Å². The van der Waals surface area contributed by atoms with Crippen molar-refractivity contribution in [1.82, 2.24) is 10.6 Å². The number of nitrogens with one attached hydrogen (secondary N) is 2. The topological polar surface area (TPSA) is 41.1 Å². The molecule has 1 aliphatic rings. The van der Waals surface area contributed by atoms with Gasteiger partial charge in [-0.2, -0.15) is 0 Å². The van der Waals surface area contributed by atoms with E-state index in [9.17, 15) is 4.79 Å². The zero-order valence-corrected chi connectivity index (χ0v) is 12.0.